The molecule has 0 radical (unpaired) electrons. The quantitative estimate of drug-likeness (QED) is 0.718. The number of halogens is 2. The minimum absolute atomic E-state index is 0.651. The van der Waals surface area contributed by atoms with Crippen LogP contribution in [0.25, 0.3) is 11.1 Å². The monoisotopic (exact) mass is 251 g/mol. The third-order valence-electron chi connectivity index (χ3n) is 2.53. The van der Waals surface area contributed by atoms with Gasteiger partial charge in [0.15, 0.2) is 0 Å². The predicted octanol–water partition coefficient (Wildman–Crippen LogP) is 4.67. The molecule has 0 atom stereocenters. The van der Waals surface area contributed by atoms with Gasteiger partial charge in [-0.3, -0.25) is 4.98 Å². The molecule has 2 aromatic rings. The van der Waals surface area contributed by atoms with E-state index in [9.17, 15) is 0 Å². The first-order valence-corrected chi connectivity index (χ1v) is 5.72. The van der Waals surface area contributed by atoms with E-state index in [1.54, 1.807) is 6.07 Å². The van der Waals surface area contributed by atoms with Crippen LogP contribution in [0.4, 0.5) is 0 Å². The van der Waals surface area contributed by atoms with E-state index in [1.165, 1.54) is 0 Å². The number of hydrogen-bond acceptors (Lipinski definition) is 1. The molecule has 0 aliphatic carbocycles. The van der Waals surface area contributed by atoms with E-state index in [0.29, 0.717) is 10.0 Å². The lowest BCUT2D eigenvalue weighted by atomic mass is 9.98. The van der Waals surface area contributed by atoms with Crippen molar-refractivity contribution in [2.24, 2.45) is 0 Å². The van der Waals surface area contributed by atoms with E-state index < -0.39 is 0 Å². The maximum absolute atomic E-state index is 6.20. The molecular weight excluding hydrogens is 241 g/mol. The fourth-order valence-corrected chi connectivity index (χ4v) is 2.32. The maximum atomic E-state index is 6.20. The maximum Gasteiger partial charge on any atom is 0.0499 e. The Balaban J connectivity index is 2.68. The van der Waals surface area contributed by atoms with E-state index in [0.717, 1.165) is 22.3 Å². The van der Waals surface area contributed by atoms with Crippen LogP contribution in [0, 0.1) is 13.8 Å². The SMILES string of the molecule is Cc1cncc(C)c1-c1ccc(Cl)cc1Cl. The minimum atomic E-state index is 0.651. The molecule has 0 saturated carbocycles. The molecule has 0 saturated heterocycles. The Bertz CT molecular complexity index is 515. The summed E-state index contributed by atoms with van der Waals surface area (Å²) in [6, 6.07) is 5.56. The van der Waals surface area contributed by atoms with E-state index >= 15 is 0 Å². The molecule has 82 valence electrons. The van der Waals surface area contributed by atoms with Crippen molar-refractivity contribution in [3.05, 3.63) is 51.8 Å². The molecule has 1 nitrogen and oxygen atoms in total. The Labute approximate surface area is 105 Å². The van der Waals surface area contributed by atoms with E-state index in [4.69, 9.17) is 23.2 Å². The molecule has 16 heavy (non-hydrogen) atoms. The van der Waals surface area contributed by atoms with E-state index in [1.807, 2.05) is 38.4 Å². The lowest BCUT2D eigenvalue weighted by Gasteiger charge is -2.11. The van der Waals surface area contributed by atoms with Gasteiger partial charge in [-0.1, -0.05) is 29.3 Å². The summed E-state index contributed by atoms with van der Waals surface area (Å²) < 4.78 is 0. The largest absolute Gasteiger partial charge is 0.264 e. The molecule has 0 unspecified atom stereocenters. The molecule has 0 fully saturated rings. The van der Waals surface area contributed by atoms with Crippen molar-refractivity contribution in [1.29, 1.82) is 0 Å². The summed E-state index contributed by atoms with van der Waals surface area (Å²) in [5.41, 5.74) is 4.37. The normalized spacial score (nSPS) is 10.5. The Hall–Kier alpha value is -1.05. The molecule has 0 aliphatic heterocycles. The van der Waals surface area contributed by atoms with Gasteiger partial charge in [0, 0.05) is 28.0 Å². The molecule has 0 amide bonds. The van der Waals surface area contributed by atoms with Crippen molar-refractivity contribution in [1.82, 2.24) is 4.98 Å². The van der Waals surface area contributed by atoms with Gasteiger partial charge in [0.25, 0.3) is 0 Å². The number of nitrogens with zero attached hydrogens (tertiary/aromatic N) is 1. The van der Waals surface area contributed by atoms with Gasteiger partial charge < -0.3 is 0 Å². The molecule has 0 spiro atoms. The highest BCUT2D eigenvalue weighted by molar-refractivity contribution is 6.36. The van der Waals surface area contributed by atoms with Gasteiger partial charge in [-0.15, -0.1) is 0 Å². The smallest absolute Gasteiger partial charge is 0.0499 e. The summed E-state index contributed by atoms with van der Waals surface area (Å²) >= 11 is 12.1. The topological polar surface area (TPSA) is 12.9 Å². The van der Waals surface area contributed by atoms with Gasteiger partial charge in [-0.25, -0.2) is 0 Å². The number of rotatable bonds is 1. The van der Waals surface area contributed by atoms with E-state index in [2.05, 4.69) is 4.98 Å². The predicted molar refractivity (Wildman–Crippen MR) is 69.2 cm³/mol. The standard InChI is InChI=1S/C13H11Cl2N/c1-8-6-16-7-9(2)13(8)11-4-3-10(14)5-12(11)15/h3-7H,1-2H3. The Morgan fingerprint density at radius 1 is 1.00 bits per heavy atom. The Kier molecular flexibility index (Phi) is 3.17. The van der Waals surface area contributed by atoms with Crippen LogP contribution < -0.4 is 0 Å². The lowest BCUT2D eigenvalue weighted by Crippen LogP contribution is -1.90. The van der Waals surface area contributed by atoms with Crippen LogP contribution in [0.15, 0.2) is 30.6 Å². The fraction of sp³-hybridized carbons (Fsp3) is 0.154. The molecule has 0 aliphatic rings. The van der Waals surface area contributed by atoms with Crippen molar-refractivity contribution in [3.63, 3.8) is 0 Å². The van der Waals surface area contributed by atoms with Crippen molar-refractivity contribution in [2.75, 3.05) is 0 Å². The number of benzene rings is 1. The minimum Gasteiger partial charge on any atom is -0.264 e. The highest BCUT2D eigenvalue weighted by Gasteiger charge is 2.09. The number of pyridine rings is 1. The second kappa shape index (κ2) is 4.44. The molecule has 1 aromatic heterocycles. The molecule has 0 N–H and O–H groups in total. The first-order valence-electron chi connectivity index (χ1n) is 4.96. The van der Waals surface area contributed by atoms with Gasteiger partial charge in [0.2, 0.25) is 0 Å². The molecule has 0 bridgehead atoms. The van der Waals surface area contributed by atoms with Gasteiger partial charge in [-0.05, 0) is 42.7 Å². The van der Waals surface area contributed by atoms with Crippen molar-refractivity contribution in [3.8, 4) is 11.1 Å². The summed E-state index contributed by atoms with van der Waals surface area (Å²) in [6.45, 7) is 4.06. The summed E-state index contributed by atoms with van der Waals surface area (Å²) in [7, 11) is 0. The summed E-state index contributed by atoms with van der Waals surface area (Å²) in [4.78, 5) is 4.15. The van der Waals surface area contributed by atoms with Crippen molar-refractivity contribution in [2.45, 2.75) is 13.8 Å². The molecular formula is C13H11Cl2N. The van der Waals surface area contributed by atoms with E-state index in [-0.39, 0.29) is 0 Å². The van der Waals surface area contributed by atoms with Crippen LogP contribution in [-0.4, -0.2) is 4.98 Å². The Morgan fingerprint density at radius 3 is 2.19 bits per heavy atom. The summed E-state index contributed by atoms with van der Waals surface area (Å²) in [5, 5.41) is 1.32. The van der Waals surface area contributed by atoms with Gasteiger partial charge in [0.1, 0.15) is 0 Å². The second-order valence-electron chi connectivity index (χ2n) is 3.77. The number of aromatic nitrogens is 1. The Morgan fingerprint density at radius 2 is 1.62 bits per heavy atom. The van der Waals surface area contributed by atoms with Crippen molar-refractivity contribution < 1.29 is 0 Å². The number of hydrogen-bond donors (Lipinski definition) is 0. The van der Waals surface area contributed by atoms with Gasteiger partial charge >= 0.3 is 0 Å². The highest BCUT2D eigenvalue weighted by Crippen LogP contribution is 2.33. The molecule has 1 heterocycles. The summed E-state index contributed by atoms with van der Waals surface area (Å²) in [5.74, 6) is 0. The van der Waals surface area contributed by atoms with Crippen molar-refractivity contribution >= 4 is 23.2 Å². The first-order chi connectivity index (χ1) is 7.59. The second-order valence-corrected chi connectivity index (χ2v) is 4.62. The zero-order valence-electron chi connectivity index (χ0n) is 9.09. The van der Waals surface area contributed by atoms with Gasteiger partial charge in [-0.2, -0.15) is 0 Å². The highest BCUT2D eigenvalue weighted by atomic mass is 35.5. The van der Waals surface area contributed by atoms with Crippen LogP contribution in [-0.2, 0) is 0 Å². The molecule has 1 aromatic carbocycles. The summed E-state index contributed by atoms with van der Waals surface area (Å²) in [6.07, 6.45) is 3.68. The third kappa shape index (κ3) is 2.06. The van der Waals surface area contributed by atoms with Crippen LogP contribution in [0.5, 0.6) is 0 Å². The average molecular weight is 252 g/mol. The van der Waals surface area contributed by atoms with Crippen LogP contribution in [0.3, 0.4) is 0 Å². The molecule has 3 heteroatoms. The molecule has 2 rings (SSSR count). The third-order valence-corrected chi connectivity index (χ3v) is 3.07. The van der Waals surface area contributed by atoms with Crippen LogP contribution in [0.1, 0.15) is 11.1 Å². The van der Waals surface area contributed by atoms with Crippen LogP contribution >= 0.6 is 23.2 Å². The first kappa shape index (κ1) is 11.4. The fourth-order valence-electron chi connectivity index (χ4n) is 1.82. The van der Waals surface area contributed by atoms with Gasteiger partial charge in [0.05, 0.1) is 0 Å². The number of aryl methyl sites for hydroxylation is 2. The zero-order valence-corrected chi connectivity index (χ0v) is 10.6. The van der Waals surface area contributed by atoms with Crippen LogP contribution in [0.2, 0.25) is 10.0 Å². The average Bonchev–Trinajstić information content (AvgIpc) is 2.20. The lowest BCUT2D eigenvalue weighted by molar-refractivity contribution is 1.22. The zero-order chi connectivity index (χ0) is 11.7.